The minimum Gasteiger partial charge on any atom is -0.503 e. The minimum absolute atomic E-state index is 0.108. The molecular formula is C23H17F2N3O5. The van der Waals surface area contributed by atoms with Crippen LogP contribution in [-0.4, -0.2) is 21.6 Å². The zero-order valence-corrected chi connectivity index (χ0v) is 17.7. The highest BCUT2D eigenvalue weighted by atomic mass is 19.1. The molecule has 8 nitrogen and oxygen atoms in total. The Morgan fingerprint density at radius 3 is 2.36 bits per heavy atom. The first-order valence-corrected chi connectivity index (χ1v) is 9.72. The van der Waals surface area contributed by atoms with Crippen LogP contribution in [-0.2, 0) is 4.79 Å². The van der Waals surface area contributed by atoms with E-state index >= 15 is 0 Å². The molecule has 0 unspecified atom stereocenters. The van der Waals surface area contributed by atoms with E-state index in [1.165, 1.54) is 19.1 Å². The second-order valence-corrected chi connectivity index (χ2v) is 7.53. The number of hydrazone groups is 1. The summed E-state index contributed by atoms with van der Waals surface area (Å²) in [6.45, 7) is 5.14. The molecule has 0 saturated carbocycles. The Balaban J connectivity index is 1.69. The number of aromatic hydroxyl groups is 1. The molecule has 0 bridgehead atoms. The number of carbonyl (C=O) groups is 1. The van der Waals surface area contributed by atoms with Crippen LogP contribution >= 0.6 is 0 Å². The third-order valence-corrected chi connectivity index (χ3v) is 5.30. The molecule has 1 aromatic heterocycles. The number of nitro benzene ring substituents is 1. The zero-order valence-electron chi connectivity index (χ0n) is 17.7. The standard InChI is InChI=1S/C23H17F2N3O5/c1-11-6-17(20(28(31)32)7-12(11)2)21-5-4-15(33-21)10-16-13(3)26-27(23(16)30)14-8-18(24)22(29)19(25)9-14/h4-10,29H,1-3H3/b16-10-. The maximum absolute atomic E-state index is 13.7. The van der Waals surface area contributed by atoms with Crippen molar-refractivity contribution < 1.29 is 28.0 Å². The molecule has 0 saturated heterocycles. The van der Waals surface area contributed by atoms with E-state index in [-0.39, 0.29) is 34.2 Å². The van der Waals surface area contributed by atoms with Gasteiger partial charge in [-0.3, -0.25) is 14.9 Å². The van der Waals surface area contributed by atoms with Gasteiger partial charge in [-0.2, -0.15) is 10.1 Å². The predicted octanol–water partition coefficient (Wildman–Crippen LogP) is 5.26. The number of nitro groups is 1. The van der Waals surface area contributed by atoms with Gasteiger partial charge in [-0.1, -0.05) is 0 Å². The zero-order chi connectivity index (χ0) is 24.0. The summed E-state index contributed by atoms with van der Waals surface area (Å²) in [5.74, 6) is -3.78. The number of anilines is 1. The van der Waals surface area contributed by atoms with E-state index in [2.05, 4.69) is 5.10 Å². The fraction of sp³-hybridized carbons (Fsp3) is 0.130. The van der Waals surface area contributed by atoms with Crippen LogP contribution in [0.5, 0.6) is 5.75 Å². The summed E-state index contributed by atoms with van der Waals surface area (Å²) in [4.78, 5) is 23.8. The molecule has 0 spiro atoms. The monoisotopic (exact) mass is 453 g/mol. The van der Waals surface area contributed by atoms with Gasteiger partial charge in [0.15, 0.2) is 17.4 Å². The fourth-order valence-electron chi connectivity index (χ4n) is 3.40. The van der Waals surface area contributed by atoms with E-state index in [1.54, 1.807) is 25.1 Å². The second-order valence-electron chi connectivity index (χ2n) is 7.53. The Morgan fingerprint density at radius 2 is 1.73 bits per heavy atom. The van der Waals surface area contributed by atoms with Gasteiger partial charge in [-0.15, -0.1) is 0 Å². The van der Waals surface area contributed by atoms with Gasteiger partial charge >= 0.3 is 0 Å². The quantitative estimate of drug-likeness (QED) is 0.329. The van der Waals surface area contributed by atoms with Crippen molar-refractivity contribution in [2.24, 2.45) is 5.10 Å². The summed E-state index contributed by atoms with van der Waals surface area (Å²) in [7, 11) is 0. The van der Waals surface area contributed by atoms with Crippen LogP contribution in [0.25, 0.3) is 17.4 Å². The average Bonchev–Trinajstić information content (AvgIpc) is 3.33. The Bertz CT molecular complexity index is 1370. The summed E-state index contributed by atoms with van der Waals surface area (Å²) in [5.41, 5.74) is 2.00. The van der Waals surface area contributed by atoms with Gasteiger partial charge in [0.1, 0.15) is 11.5 Å². The van der Waals surface area contributed by atoms with E-state index < -0.39 is 28.2 Å². The third-order valence-electron chi connectivity index (χ3n) is 5.30. The van der Waals surface area contributed by atoms with Gasteiger partial charge in [0.05, 0.1) is 27.5 Å². The van der Waals surface area contributed by atoms with Crippen molar-refractivity contribution in [2.75, 3.05) is 5.01 Å². The number of hydrogen-bond acceptors (Lipinski definition) is 6. The van der Waals surface area contributed by atoms with E-state index in [1.807, 2.05) is 6.92 Å². The summed E-state index contributed by atoms with van der Waals surface area (Å²) >= 11 is 0. The number of aryl methyl sites for hydroxylation is 2. The maximum atomic E-state index is 13.7. The van der Waals surface area contributed by atoms with Crippen molar-refractivity contribution in [1.82, 2.24) is 0 Å². The molecule has 0 fully saturated rings. The second kappa shape index (κ2) is 7.97. The van der Waals surface area contributed by atoms with E-state index in [9.17, 15) is 28.8 Å². The number of benzene rings is 2. The first-order valence-electron chi connectivity index (χ1n) is 9.72. The molecule has 10 heteroatoms. The first-order chi connectivity index (χ1) is 15.6. The lowest BCUT2D eigenvalue weighted by Crippen LogP contribution is -2.21. The van der Waals surface area contributed by atoms with Crippen LogP contribution < -0.4 is 5.01 Å². The number of halogens is 2. The van der Waals surface area contributed by atoms with Crippen LogP contribution in [0, 0.1) is 35.6 Å². The fourth-order valence-corrected chi connectivity index (χ4v) is 3.40. The number of amides is 1. The molecule has 1 aliphatic rings. The topological polar surface area (TPSA) is 109 Å². The lowest BCUT2D eigenvalue weighted by Gasteiger charge is -2.12. The van der Waals surface area contributed by atoms with Gasteiger partial charge in [0.2, 0.25) is 0 Å². The number of carbonyl (C=O) groups excluding carboxylic acids is 1. The molecule has 33 heavy (non-hydrogen) atoms. The van der Waals surface area contributed by atoms with Gasteiger partial charge in [0.25, 0.3) is 11.6 Å². The smallest absolute Gasteiger partial charge is 0.280 e. The summed E-state index contributed by atoms with van der Waals surface area (Å²) < 4.78 is 33.2. The van der Waals surface area contributed by atoms with E-state index in [4.69, 9.17) is 4.42 Å². The number of hydrogen-bond donors (Lipinski definition) is 1. The van der Waals surface area contributed by atoms with Crippen LogP contribution in [0.15, 0.2) is 51.5 Å². The van der Waals surface area contributed by atoms with Crippen molar-refractivity contribution in [3.63, 3.8) is 0 Å². The third kappa shape index (κ3) is 3.86. The molecule has 4 rings (SSSR count). The average molecular weight is 453 g/mol. The highest BCUT2D eigenvalue weighted by molar-refractivity contribution is 6.32. The van der Waals surface area contributed by atoms with Crippen molar-refractivity contribution in [3.05, 3.63) is 80.6 Å². The molecule has 0 aliphatic carbocycles. The van der Waals surface area contributed by atoms with Crippen LogP contribution in [0.3, 0.4) is 0 Å². The van der Waals surface area contributed by atoms with Crippen molar-refractivity contribution >= 4 is 29.1 Å². The van der Waals surface area contributed by atoms with Crippen molar-refractivity contribution in [1.29, 1.82) is 0 Å². The number of furan rings is 1. The summed E-state index contributed by atoms with van der Waals surface area (Å²) in [5, 5.41) is 25.6. The Kier molecular flexibility index (Phi) is 5.28. The molecule has 3 aromatic rings. The molecule has 1 N–H and O–H groups in total. The van der Waals surface area contributed by atoms with Crippen LogP contribution in [0.4, 0.5) is 20.2 Å². The molecule has 1 aliphatic heterocycles. The highest BCUT2D eigenvalue weighted by Gasteiger charge is 2.30. The van der Waals surface area contributed by atoms with Gasteiger partial charge in [0, 0.05) is 18.2 Å². The first kappa shape index (κ1) is 21.9. The highest BCUT2D eigenvalue weighted by Crippen LogP contribution is 2.35. The lowest BCUT2D eigenvalue weighted by molar-refractivity contribution is -0.384. The number of rotatable bonds is 4. The molecule has 0 atom stereocenters. The van der Waals surface area contributed by atoms with Gasteiger partial charge in [-0.05, 0) is 56.2 Å². The van der Waals surface area contributed by atoms with Gasteiger partial charge in [-0.25, -0.2) is 8.78 Å². The molecule has 0 radical (unpaired) electrons. The van der Waals surface area contributed by atoms with Crippen molar-refractivity contribution in [3.8, 4) is 17.1 Å². The van der Waals surface area contributed by atoms with Crippen LogP contribution in [0.2, 0.25) is 0 Å². The normalized spacial score (nSPS) is 14.8. The number of phenols is 1. The largest absolute Gasteiger partial charge is 0.503 e. The summed E-state index contributed by atoms with van der Waals surface area (Å²) in [6.07, 6.45) is 1.39. The molecule has 2 heterocycles. The SMILES string of the molecule is CC1=NN(c2cc(F)c(O)c(F)c2)C(=O)/C1=C\c1ccc(-c2cc(C)c(C)cc2[N+](=O)[O-])o1. The summed E-state index contributed by atoms with van der Waals surface area (Å²) in [6, 6.07) is 7.81. The molecule has 1 amide bonds. The predicted molar refractivity (Wildman–Crippen MR) is 117 cm³/mol. The Hall–Kier alpha value is -4.34. The lowest BCUT2D eigenvalue weighted by atomic mass is 10.0. The number of nitrogens with zero attached hydrogens (tertiary/aromatic N) is 3. The molecular weight excluding hydrogens is 436 g/mol. The van der Waals surface area contributed by atoms with Gasteiger partial charge < -0.3 is 9.52 Å². The maximum Gasteiger partial charge on any atom is 0.280 e. The van der Waals surface area contributed by atoms with E-state index in [0.717, 1.165) is 28.3 Å². The number of phenolic OH excluding ortho intramolecular Hbond substituents is 1. The minimum atomic E-state index is -1.23. The van der Waals surface area contributed by atoms with E-state index in [0.29, 0.717) is 5.56 Å². The van der Waals surface area contributed by atoms with Crippen molar-refractivity contribution in [2.45, 2.75) is 20.8 Å². The molecule has 2 aromatic carbocycles. The Labute approximate surface area is 186 Å². The Morgan fingerprint density at radius 1 is 1.09 bits per heavy atom. The van der Waals surface area contributed by atoms with Crippen LogP contribution in [0.1, 0.15) is 23.8 Å². The molecule has 168 valence electrons.